The van der Waals surface area contributed by atoms with Gasteiger partial charge in [0.1, 0.15) is 5.75 Å². The van der Waals surface area contributed by atoms with Crippen LogP contribution in [0.25, 0.3) is 11.4 Å². The van der Waals surface area contributed by atoms with Crippen LogP contribution >= 0.6 is 0 Å². The Kier molecular flexibility index (Phi) is 3.23. The van der Waals surface area contributed by atoms with Gasteiger partial charge in [-0.25, -0.2) is 0 Å². The van der Waals surface area contributed by atoms with E-state index in [4.69, 9.17) is 4.52 Å². The molecule has 1 aromatic heterocycles. The highest BCUT2D eigenvalue weighted by Crippen LogP contribution is 2.35. The summed E-state index contributed by atoms with van der Waals surface area (Å²) in [6, 6.07) is 6.94. The molecular formula is C15H18N2O2. The molecule has 0 saturated heterocycles. The van der Waals surface area contributed by atoms with Crippen LogP contribution < -0.4 is 0 Å². The Labute approximate surface area is 112 Å². The number of hydrogen-bond acceptors (Lipinski definition) is 4. The Balaban J connectivity index is 1.80. The first-order valence-corrected chi connectivity index (χ1v) is 6.85. The number of hydrogen-bond donors (Lipinski definition) is 1. The molecule has 19 heavy (non-hydrogen) atoms. The molecule has 1 aromatic carbocycles. The zero-order chi connectivity index (χ0) is 13.2. The highest BCUT2D eigenvalue weighted by molar-refractivity contribution is 5.56. The van der Waals surface area contributed by atoms with Gasteiger partial charge in [0, 0.05) is 11.5 Å². The zero-order valence-corrected chi connectivity index (χ0v) is 11.0. The Morgan fingerprint density at radius 2 is 2.00 bits per heavy atom. The van der Waals surface area contributed by atoms with Crippen LogP contribution in [0.15, 0.2) is 28.8 Å². The van der Waals surface area contributed by atoms with Crippen molar-refractivity contribution in [3.63, 3.8) is 0 Å². The fourth-order valence-electron chi connectivity index (χ4n) is 2.67. The zero-order valence-electron chi connectivity index (χ0n) is 11.0. The van der Waals surface area contributed by atoms with Crippen LogP contribution in [-0.2, 0) is 0 Å². The molecule has 1 N–H and O–H groups in total. The van der Waals surface area contributed by atoms with Gasteiger partial charge in [-0.15, -0.1) is 0 Å². The van der Waals surface area contributed by atoms with E-state index < -0.39 is 0 Å². The van der Waals surface area contributed by atoms with Gasteiger partial charge in [-0.3, -0.25) is 0 Å². The number of benzene rings is 1. The van der Waals surface area contributed by atoms with E-state index in [9.17, 15) is 5.11 Å². The molecule has 4 heteroatoms. The fraction of sp³-hybridized carbons (Fsp3) is 0.467. The third-order valence-corrected chi connectivity index (χ3v) is 3.91. The van der Waals surface area contributed by atoms with Crippen molar-refractivity contribution in [3.05, 3.63) is 30.2 Å². The molecular weight excluding hydrogens is 240 g/mol. The fourth-order valence-corrected chi connectivity index (χ4v) is 2.67. The monoisotopic (exact) mass is 258 g/mol. The standard InChI is InChI=1S/C15H18N2O2/c1-10-5-7-11(8-6-10)15-16-14(17-19-15)12-3-2-4-13(18)9-12/h2-4,9-11,18H,5-8H2,1H3. The van der Waals surface area contributed by atoms with Crippen molar-refractivity contribution in [3.8, 4) is 17.1 Å². The molecule has 1 fully saturated rings. The lowest BCUT2D eigenvalue weighted by Gasteiger charge is -2.23. The molecule has 0 unspecified atom stereocenters. The average Bonchev–Trinajstić information content (AvgIpc) is 2.89. The van der Waals surface area contributed by atoms with Gasteiger partial charge in [-0.2, -0.15) is 4.98 Å². The lowest BCUT2D eigenvalue weighted by molar-refractivity contribution is 0.281. The summed E-state index contributed by atoms with van der Waals surface area (Å²) in [7, 11) is 0. The van der Waals surface area contributed by atoms with E-state index in [0.29, 0.717) is 11.7 Å². The molecule has 4 nitrogen and oxygen atoms in total. The Morgan fingerprint density at radius 3 is 2.74 bits per heavy atom. The second-order valence-electron chi connectivity index (χ2n) is 5.46. The number of rotatable bonds is 2. The van der Waals surface area contributed by atoms with Crippen LogP contribution in [-0.4, -0.2) is 15.2 Å². The summed E-state index contributed by atoms with van der Waals surface area (Å²) in [5.41, 5.74) is 0.791. The highest BCUT2D eigenvalue weighted by Gasteiger charge is 2.24. The second-order valence-corrected chi connectivity index (χ2v) is 5.46. The number of aromatic nitrogens is 2. The van der Waals surface area contributed by atoms with Gasteiger partial charge >= 0.3 is 0 Å². The first-order chi connectivity index (χ1) is 9.22. The van der Waals surface area contributed by atoms with E-state index in [-0.39, 0.29) is 5.75 Å². The highest BCUT2D eigenvalue weighted by atomic mass is 16.5. The van der Waals surface area contributed by atoms with Gasteiger partial charge in [0.05, 0.1) is 0 Å². The minimum atomic E-state index is 0.218. The Morgan fingerprint density at radius 1 is 1.21 bits per heavy atom. The summed E-state index contributed by atoms with van der Waals surface area (Å²) in [5.74, 6) is 2.73. The molecule has 0 aliphatic heterocycles. The molecule has 100 valence electrons. The van der Waals surface area contributed by atoms with Crippen LogP contribution in [0.1, 0.15) is 44.4 Å². The molecule has 1 saturated carbocycles. The topological polar surface area (TPSA) is 59.2 Å². The van der Waals surface area contributed by atoms with E-state index in [1.165, 1.54) is 12.8 Å². The van der Waals surface area contributed by atoms with Gasteiger partial charge in [0.25, 0.3) is 0 Å². The summed E-state index contributed by atoms with van der Waals surface area (Å²) >= 11 is 0. The summed E-state index contributed by atoms with van der Waals surface area (Å²) < 4.78 is 5.39. The molecule has 0 atom stereocenters. The smallest absolute Gasteiger partial charge is 0.230 e. The number of phenolic OH excluding ortho intramolecular Hbond substituents is 1. The van der Waals surface area contributed by atoms with E-state index in [1.54, 1.807) is 18.2 Å². The molecule has 1 aliphatic rings. The summed E-state index contributed by atoms with van der Waals surface area (Å²) in [6.07, 6.45) is 4.72. The largest absolute Gasteiger partial charge is 0.508 e. The van der Waals surface area contributed by atoms with Gasteiger partial charge < -0.3 is 9.63 Å². The summed E-state index contributed by atoms with van der Waals surface area (Å²) in [5, 5.41) is 13.5. The predicted octanol–water partition coefficient (Wildman–Crippen LogP) is 3.74. The Hall–Kier alpha value is -1.84. The normalized spacial score (nSPS) is 23.4. The molecule has 0 radical (unpaired) electrons. The lowest BCUT2D eigenvalue weighted by Crippen LogP contribution is -2.11. The third kappa shape index (κ3) is 2.62. The van der Waals surface area contributed by atoms with Gasteiger partial charge in [-0.05, 0) is 43.7 Å². The maximum atomic E-state index is 9.47. The van der Waals surface area contributed by atoms with E-state index in [0.717, 1.165) is 30.2 Å². The minimum absolute atomic E-state index is 0.218. The molecule has 2 aromatic rings. The van der Waals surface area contributed by atoms with Crippen molar-refractivity contribution in [2.45, 2.75) is 38.5 Å². The van der Waals surface area contributed by atoms with Crippen LogP contribution in [0, 0.1) is 5.92 Å². The number of phenols is 1. The summed E-state index contributed by atoms with van der Waals surface area (Å²) in [4.78, 5) is 4.48. The lowest BCUT2D eigenvalue weighted by atomic mass is 9.83. The van der Waals surface area contributed by atoms with Crippen molar-refractivity contribution in [2.75, 3.05) is 0 Å². The average molecular weight is 258 g/mol. The third-order valence-electron chi connectivity index (χ3n) is 3.91. The first kappa shape index (κ1) is 12.2. The van der Waals surface area contributed by atoms with Crippen LogP contribution in [0.3, 0.4) is 0 Å². The molecule has 1 aliphatic carbocycles. The van der Waals surface area contributed by atoms with Crippen molar-refractivity contribution in [2.24, 2.45) is 5.92 Å². The Bertz CT molecular complexity index is 557. The van der Waals surface area contributed by atoms with Crippen molar-refractivity contribution >= 4 is 0 Å². The van der Waals surface area contributed by atoms with Gasteiger partial charge in [-0.1, -0.05) is 24.2 Å². The molecule has 0 spiro atoms. The minimum Gasteiger partial charge on any atom is -0.508 e. The first-order valence-electron chi connectivity index (χ1n) is 6.85. The van der Waals surface area contributed by atoms with Crippen molar-refractivity contribution in [1.82, 2.24) is 10.1 Å². The molecule has 1 heterocycles. The van der Waals surface area contributed by atoms with Gasteiger partial charge in [0.2, 0.25) is 11.7 Å². The SMILES string of the molecule is CC1CCC(c2nc(-c3cccc(O)c3)no2)CC1. The van der Waals surface area contributed by atoms with E-state index >= 15 is 0 Å². The predicted molar refractivity (Wildman–Crippen MR) is 71.8 cm³/mol. The molecule has 3 rings (SSSR count). The molecule has 0 bridgehead atoms. The maximum absolute atomic E-state index is 9.47. The van der Waals surface area contributed by atoms with E-state index in [2.05, 4.69) is 17.1 Å². The van der Waals surface area contributed by atoms with Gasteiger partial charge in [0.15, 0.2) is 0 Å². The van der Waals surface area contributed by atoms with Crippen LogP contribution in [0.2, 0.25) is 0 Å². The number of nitrogens with zero attached hydrogens (tertiary/aromatic N) is 2. The van der Waals surface area contributed by atoms with Crippen LogP contribution in [0.5, 0.6) is 5.75 Å². The number of aromatic hydroxyl groups is 1. The van der Waals surface area contributed by atoms with Crippen molar-refractivity contribution in [1.29, 1.82) is 0 Å². The summed E-state index contributed by atoms with van der Waals surface area (Å²) in [6.45, 7) is 2.29. The van der Waals surface area contributed by atoms with E-state index in [1.807, 2.05) is 6.07 Å². The molecule has 0 amide bonds. The van der Waals surface area contributed by atoms with Crippen molar-refractivity contribution < 1.29 is 9.63 Å². The quantitative estimate of drug-likeness (QED) is 0.891. The second kappa shape index (κ2) is 5.03. The van der Waals surface area contributed by atoms with Crippen LogP contribution in [0.4, 0.5) is 0 Å². The maximum Gasteiger partial charge on any atom is 0.230 e.